The van der Waals surface area contributed by atoms with Crippen LogP contribution in [0, 0.1) is 6.92 Å². The zero-order valence-corrected chi connectivity index (χ0v) is 11.2. The van der Waals surface area contributed by atoms with Crippen LogP contribution in [0.25, 0.3) is 0 Å². The SMILES string of the molecule is Cc1ccc[n+](C(C)c2ccccc2)c1.[Br-]. The Morgan fingerprint density at radius 3 is 2.31 bits per heavy atom. The van der Waals surface area contributed by atoms with E-state index in [-0.39, 0.29) is 17.0 Å². The Labute approximate surface area is 108 Å². The maximum atomic E-state index is 2.24. The van der Waals surface area contributed by atoms with E-state index < -0.39 is 0 Å². The van der Waals surface area contributed by atoms with Crippen LogP contribution in [0.3, 0.4) is 0 Å². The molecule has 0 aliphatic carbocycles. The molecule has 1 nitrogen and oxygen atoms in total. The molecule has 0 amide bonds. The van der Waals surface area contributed by atoms with Gasteiger partial charge in [-0.05, 0) is 13.0 Å². The first-order valence-corrected chi connectivity index (χ1v) is 5.30. The molecule has 0 aliphatic rings. The number of rotatable bonds is 2. The second-order valence-corrected chi connectivity index (χ2v) is 3.92. The van der Waals surface area contributed by atoms with Crippen molar-refractivity contribution in [3.05, 3.63) is 66.0 Å². The average molecular weight is 278 g/mol. The van der Waals surface area contributed by atoms with Gasteiger partial charge in [-0.15, -0.1) is 0 Å². The zero-order chi connectivity index (χ0) is 10.7. The molecular weight excluding hydrogens is 262 g/mol. The number of hydrogen-bond acceptors (Lipinski definition) is 0. The highest BCUT2D eigenvalue weighted by molar-refractivity contribution is 5.16. The second kappa shape index (κ2) is 5.80. The van der Waals surface area contributed by atoms with E-state index in [9.17, 15) is 0 Å². The fourth-order valence-electron chi connectivity index (χ4n) is 1.76. The van der Waals surface area contributed by atoms with Gasteiger partial charge in [-0.1, -0.05) is 30.3 Å². The zero-order valence-electron chi connectivity index (χ0n) is 9.60. The first-order chi connectivity index (χ1) is 7.27. The first kappa shape index (κ1) is 12.9. The van der Waals surface area contributed by atoms with Gasteiger partial charge in [0, 0.05) is 24.1 Å². The molecule has 16 heavy (non-hydrogen) atoms. The van der Waals surface area contributed by atoms with E-state index in [0.29, 0.717) is 6.04 Å². The highest BCUT2D eigenvalue weighted by atomic mass is 79.9. The fourth-order valence-corrected chi connectivity index (χ4v) is 1.76. The summed E-state index contributed by atoms with van der Waals surface area (Å²) in [6.45, 7) is 4.34. The lowest BCUT2D eigenvalue weighted by Crippen LogP contribution is -3.00. The quantitative estimate of drug-likeness (QED) is 0.675. The summed E-state index contributed by atoms with van der Waals surface area (Å²) in [5, 5.41) is 0. The number of benzene rings is 1. The van der Waals surface area contributed by atoms with Gasteiger partial charge in [0.25, 0.3) is 0 Å². The second-order valence-electron chi connectivity index (χ2n) is 3.92. The van der Waals surface area contributed by atoms with E-state index in [1.165, 1.54) is 11.1 Å². The predicted molar refractivity (Wildman–Crippen MR) is 61.6 cm³/mol. The molecule has 0 fully saturated rings. The number of halogens is 1. The summed E-state index contributed by atoms with van der Waals surface area (Å²) in [7, 11) is 0. The standard InChI is InChI=1S/C14H16N.BrH/c1-12-7-6-10-15(11-12)13(2)14-8-4-3-5-9-14;/h3-11,13H,1-2H3;1H/q+1;/p-1. The third kappa shape index (κ3) is 2.92. The van der Waals surface area contributed by atoms with Gasteiger partial charge >= 0.3 is 0 Å². The van der Waals surface area contributed by atoms with Gasteiger partial charge in [0.15, 0.2) is 18.4 Å². The van der Waals surface area contributed by atoms with Crippen LogP contribution in [-0.4, -0.2) is 0 Å². The van der Waals surface area contributed by atoms with Gasteiger partial charge in [0.2, 0.25) is 0 Å². The van der Waals surface area contributed by atoms with Crippen molar-refractivity contribution in [3.63, 3.8) is 0 Å². The average Bonchev–Trinajstić information content (AvgIpc) is 2.29. The summed E-state index contributed by atoms with van der Waals surface area (Å²) < 4.78 is 2.24. The topological polar surface area (TPSA) is 3.88 Å². The van der Waals surface area contributed by atoms with Gasteiger partial charge in [0.1, 0.15) is 0 Å². The molecule has 1 aromatic carbocycles. The molecule has 1 aromatic heterocycles. The lowest BCUT2D eigenvalue weighted by atomic mass is 10.1. The Bertz CT molecular complexity index is 439. The largest absolute Gasteiger partial charge is 1.00 e. The van der Waals surface area contributed by atoms with Gasteiger partial charge in [-0.25, -0.2) is 0 Å². The van der Waals surface area contributed by atoms with Gasteiger partial charge in [-0.2, -0.15) is 4.57 Å². The Kier molecular flexibility index (Phi) is 4.69. The van der Waals surface area contributed by atoms with E-state index in [1.807, 2.05) is 0 Å². The van der Waals surface area contributed by atoms with Crippen LogP contribution in [0.15, 0.2) is 54.9 Å². The Balaban J connectivity index is 0.00000128. The summed E-state index contributed by atoms with van der Waals surface area (Å²) in [6.07, 6.45) is 4.29. The molecule has 2 heteroatoms. The molecule has 0 saturated carbocycles. The number of hydrogen-bond donors (Lipinski definition) is 0. The summed E-state index contributed by atoms with van der Waals surface area (Å²) in [6, 6.07) is 15.2. The Morgan fingerprint density at radius 1 is 1.00 bits per heavy atom. The van der Waals surface area contributed by atoms with Crippen LogP contribution in [-0.2, 0) is 0 Å². The number of aryl methyl sites for hydroxylation is 1. The van der Waals surface area contributed by atoms with Crippen LogP contribution in [0.2, 0.25) is 0 Å². The molecule has 84 valence electrons. The smallest absolute Gasteiger partial charge is 0.180 e. The van der Waals surface area contributed by atoms with E-state index >= 15 is 0 Å². The van der Waals surface area contributed by atoms with Crippen LogP contribution in [0.5, 0.6) is 0 Å². The van der Waals surface area contributed by atoms with Crippen molar-refractivity contribution in [2.24, 2.45) is 0 Å². The first-order valence-electron chi connectivity index (χ1n) is 5.30. The maximum absolute atomic E-state index is 2.24. The van der Waals surface area contributed by atoms with Gasteiger partial charge in [0.05, 0.1) is 0 Å². The molecule has 0 aliphatic heterocycles. The Morgan fingerprint density at radius 2 is 1.69 bits per heavy atom. The van der Waals surface area contributed by atoms with Crippen molar-refractivity contribution in [1.82, 2.24) is 0 Å². The van der Waals surface area contributed by atoms with Crippen LogP contribution in [0.1, 0.15) is 24.1 Å². The highest BCUT2D eigenvalue weighted by Crippen LogP contribution is 2.10. The van der Waals surface area contributed by atoms with Gasteiger partial charge in [-0.3, -0.25) is 0 Å². The van der Waals surface area contributed by atoms with Gasteiger partial charge < -0.3 is 17.0 Å². The van der Waals surface area contributed by atoms with Crippen molar-refractivity contribution in [2.45, 2.75) is 19.9 Å². The van der Waals surface area contributed by atoms with Crippen LogP contribution < -0.4 is 21.5 Å². The molecule has 2 rings (SSSR count). The lowest BCUT2D eigenvalue weighted by Gasteiger charge is -2.07. The summed E-state index contributed by atoms with van der Waals surface area (Å²) in [5.41, 5.74) is 2.63. The van der Waals surface area contributed by atoms with Crippen molar-refractivity contribution >= 4 is 0 Å². The van der Waals surface area contributed by atoms with E-state index in [4.69, 9.17) is 0 Å². The van der Waals surface area contributed by atoms with Crippen molar-refractivity contribution in [3.8, 4) is 0 Å². The molecule has 1 atom stereocenters. The summed E-state index contributed by atoms with van der Waals surface area (Å²) in [4.78, 5) is 0. The normalized spacial score (nSPS) is 11.6. The lowest BCUT2D eigenvalue weighted by molar-refractivity contribution is -0.710. The maximum Gasteiger partial charge on any atom is 0.180 e. The molecule has 1 unspecified atom stereocenters. The highest BCUT2D eigenvalue weighted by Gasteiger charge is 2.13. The number of nitrogens with zero attached hydrogens (tertiary/aromatic N) is 1. The van der Waals surface area contributed by atoms with Crippen molar-refractivity contribution in [1.29, 1.82) is 0 Å². The predicted octanol–water partition coefficient (Wildman–Crippen LogP) is -0.104. The fraction of sp³-hybridized carbons (Fsp3) is 0.214. The molecule has 0 N–H and O–H groups in total. The molecule has 1 heterocycles. The van der Waals surface area contributed by atoms with E-state index in [2.05, 4.69) is 73.3 Å². The molecule has 0 radical (unpaired) electrons. The minimum atomic E-state index is 0. The third-order valence-corrected chi connectivity index (χ3v) is 2.70. The summed E-state index contributed by atoms with van der Waals surface area (Å²) >= 11 is 0. The van der Waals surface area contributed by atoms with Crippen molar-refractivity contribution < 1.29 is 21.5 Å². The van der Waals surface area contributed by atoms with Crippen LogP contribution in [0.4, 0.5) is 0 Å². The third-order valence-electron chi connectivity index (χ3n) is 2.70. The number of aromatic nitrogens is 1. The van der Waals surface area contributed by atoms with E-state index in [0.717, 1.165) is 0 Å². The molecule has 0 spiro atoms. The Hall–Kier alpha value is -1.15. The van der Waals surface area contributed by atoms with Crippen molar-refractivity contribution in [2.75, 3.05) is 0 Å². The molecule has 2 aromatic rings. The molecule has 0 bridgehead atoms. The minimum absolute atomic E-state index is 0. The molecule has 0 saturated heterocycles. The molecular formula is C14H16BrN. The summed E-state index contributed by atoms with van der Waals surface area (Å²) in [5.74, 6) is 0. The minimum Gasteiger partial charge on any atom is -1.00 e. The number of pyridine rings is 1. The van der Waals surface area contributed by atoms with Crippen LogP contribution >= 0.6 is 0 Å². The monoisotopic (exact) mass is 277 g/mol. The van der Waals surface area contributed by atoms with E-state index in [1.54, 1.807) is 0 Å².